The van der Waals surface area contributed by atoms with E-state index in [1.165, 1.54) is 41.9 Å². The molecular weight excluding hydrogens is 637 g/mol. The van der Waals surface area contributed by atoms with Crippen LogP contribution >= 0.6 is 0 Å². The van der Waals surface area contributed by atoms with Crippen molar-refractivity contribution in [1.82, 2.24) is 10.4 Å². The number of carbonyl (C=O) groups excluding carboxylic acids is 1. The second-order valence-electron chi connectivity index (χ2n) is 9.43. The fourth-order valence-electron chi connectivity index (χ4n) is 4.11. The summed E-state index contributed by atoms with van der Waals surface area (Å²) in [5.41, 5.74) is 1.51. The zero-order valence-corrected chi connectivity index (χ0v) is 24.3. The summed E-state index contributed by atoms with van der Waals surface area (Å²) >= 11 is 0. The lowest BCUT2D eigenvalue weighted by atomic mass is 9.95. The SMILES string of the molecule is COCCN1CCC(C(=O)NO)(S(=O)(=O)c2ccc(Oc3ccc(OC(F)(F)F)cc3)cc2)CC1.O=C(O)[C@H](O)[C@@H](O)C(=O)O. The number of hydrogen-bond acceptors (Lipinski definition) is 12. The Bertz CT molecular complexity index is 1380. The molecule has 15 nitrogen and oxygen atoms in total. The number of methoxy groups -OCH3 is 1. The minimum Gasteiger partial charge on any atom is -0.479 e. The van der Waals surface area contributed by atoms with Gasteiger partial charge in [-0.15, -0.1) is 13.2 Å². The highest BCUT2D eigenvalue weighted by molar-refractivity contribution is 7.93. The number of halogens is 3. The molecule has 1 amide bonds. The van der Waals surface area contributed by atoms with Crippen LogP contribution in [0.1, 0.15) is 12.8 Å². The minimum absolute atomic E-state index is 0.0178. The number of carbonyl (C=O) groups is 3. The number of hydrogen-bond donors (Lipinski definition) is 6. The molecular formula is C26H31F3N2O13S. The van der Waals surface area contributed by atoms with Gasteiger partial charge in [0.1, 0.15) is 17.2 Å². The number of alkyl halides is 3. The summed E-state index contributed by atoms with van der Waals surface area (Å²) in [4.78, 5) is 34.0. The van der Waals surface area contributed by atoms with Crippen LogP contribution < -0.4 is 15.0 Å². The van der Waals surface area contributed by atoms with Gasteiger partial charge in [-0.1, -0.05) is 0 Å². The van der Waals surface area contributed by atoms with Crippen LogP contribution in [-0.2, 0) is 29.0 Å². The minimum atomic E-state index is -4.81. The van der Waals surface area contributed by atoms with Crippen LogP contribution in [0.3, 0.4) is 0 Å². The first-order valence-corrected chi connectivity index (χ1v) is 14.3. The first kappa shape index (κ1) is 37.2. The number of likely N-dealkylation sites (tertiary alicyclic amines) is 1. The molecule has 3 rings (SSSR count). The Kier molecular flexibility index (Phi) is 13.1. The molecule has 1 fully saturated rings. The van der Waals surface area contributed by atoms with Crippen molar-refractivity contribution in [1.29, 1.82) is 0 Å². The van der Waals surface area contributed by atoms with Gasteiger partial charge in [-0.05, 0) is 61.4 Å². The third-order valence-corrected chi connectivity index (χ3v) is 9.05. The fraction of sp³-hybridized carbons (Fsp3) is 0.423. The van der Waals surface area contributed by atoms with Crippen molar-refractivity contribution >= 4 is 27.7 Å². The molecule has 0 spiro atoms. The topological polar surface area (TPSA) is 229 Å². The summed E-state index contributed by atoms with van der Waals surface area (Å²) in [5, 5.41) is 41.8. The lowest BCUT2D eigenvalue weighted by Crippen LogP contribution is -2.57. The van der Waals surface area contributed by atoms with Crippen LogP contribution in [0.25, 0.3) is 0 Å². The summed E-state index contributed by atoms with van der Waals surface area (Å²) in [5.74, 6) is -4.51. The number of hydroxylamine groups is 1. The summed E-state index contributed by atoms with van der Waals surface area (Å²) in [6.07, 6.45) is -9.38. The van der Waals surface area contributed by atoms with Crippen molar-refractivity contribution in [2.24, 2.45) is 0 Å². The van der Waals surface area contributed by atoms with E-state index in [0.29, 0.717) is 26.2 Å². The standard InChI is InChI=1S/C22H25F3N2O7S.C4H6O6/c1-32-15-14-27-12-10-21(11-13-27,20(28)26-29)35(30,31)19-8-6-17(7-9-19)33-16-2-4-18(5-3-16)34-22(23,24)25;5-1(3(7)8)2(6)4(9)10/h2-9,29H,10-15H2,1H3,(H,26,28);1-2,5-6H,(H,7,8)(H,9,10)/t;1-,2-/m.1/s1. The number of ether oxygens (including phenoxy) is 3. The van der Waals surface area contributed by atoms with Crippen LogP contribution in [0.4, 0.5) is 13.2 Å². The van der Waals surface area contributed by atoms with Crippen LogP contribution in [0.5, 0.6) is 17.2 Å². The molecule has 1 heterocycles. The van der Waals surface area contributed by atoms with E-state index >= 15 is 0 Å². The van der Waals surface area contributed by atoms with Gasteiger partial charge in [-0.25, -0.2) is 23.5 Å². The average Bonchev–Trinajstić information content (AvgIpc) is 2.99. The van der Waals surface area contributed by atoms with E-state index in [0.717, 1.165) is 12.1 Å². The second kappa shape index (κ2) is 15.8. The second-order valence-corrected chi connectivity index (χ2v) is 11.7. The summed E-state index contributed by atoms with van der Waals surface area (Å²) in [7, 11) is -2.64. The molecule has 19 heteroatoms. The third-order valence-electron chi connectivity index (χ3n) is 6.54. The van der Waals surface area contributed by atoms with E-state index in [-0.39, 0.29) is 29.2 Å². The molecule has 0 aliphatic carbocycles. The zero-order valence-electron chi connectivity index (χ0n) is 23.5. The summed E-state index contributed by atoms with van der Waals surface area (Å²) in [6.45, 7) is 1.70. The van der Waals surface area contributed by atoms with Crippen molar-refractivity contribution in [2.75, 3.05) is 33.4 Å². The number of piperidine rings is 1. The van der Waals surface area contributed by atoms with Gasteiger partial charge in [-0.2, -0.15) is 0 Å². The van der Waals surface area contributed by atoms with E-state index in [1.54, 1.807) is 7.11 Å². The van der Waals surface area contributed by atoms with Crippen LogP contribution in [0, 0.1) is 0 Å². The van der Waals surface area contributed by atoms with E-state index in [9.17, 15) is 41.2 Å². The lowest BCUT2D eigenvalue weighted by molar-refractivity contribution is -0.274. The van der Waals surface area contributed by atoms with Gasteiger partial charge in [-0.3, -0.25) is 10.0 Å². The van der Waals surface area contributed by atoms with Crippen LogP contribution in [0.15, 0.2) is 53.4 Å². The Balaban J connectivity index is 0.000000607. The summed E-state index contributed by atoms with van der Waals surface area (Å²) in [6, 6.07) is 9.98. The molecule has 2 aromatic carbocycles. The summed E-state index contributed by atoms with van der Waals surface area (Å²) < 4.78 is 76.4. The normalized spacial score (nSPS) is 16.3. The Morgan fingerprint density at radius 3 is 1.76 bits per heavy atom. The molecule has 1 aliphatic rings. The Morgan fingerprint density at radius 1 is 0.911 bits per heavy atom. The maximum absolute atomic E-state index is 13.5. The Hall–Kier alpha value is -4.01. The van der Waals surface area contributed by atoms with Gasteiger partial charge in [0.2, 0.25) is 0 Å². The van der Waals surface area contributed by atoms with Crippen molar-refractivity contribution in [3.05, 3.63) is 48.5 Å². The molecule has 1 aliphatic heterocycles. The molecule has 0 bridgehead atoms. The van der Waals surface area contributed by atoms with Crippen molar-refractivity contribution in [3.8, 4) is 17.2 Å². The van der Waals surface area contributed by atoms with Gasteiger partial charge in [0.15, 0.2) is 26.8 Å². The number of carboxylic acid groups (broad SMARTS) is 2. The van der Waals surface area contributed by atoms with E-state index in [4.69, 9.17) is 29.9 Å². The van der Waals surface area contributed by atoms with E-state index in [1.807, 2.05) is 4.90 Å². The predicted octanol–water partition coefficient (Wildman–Crippen LogP) is 1.01. The van der Waals surface area contributed by atoms with Gasteiger partial charge >= 0.3 is 18.3 Å². The Morgan fingerprint density at radius 2 is 1.36 bits per heavy atom. The number of carboxylic acids is 2. The first-order chi connectivity index (χ1) is 21.0. The molecule has 0 unspecified atom stereocenters. The Labute approximate surface area is 254 Å². The first-order valence-electron chi connectivity index (χ1n) is 12.8. The zero-order chi connectivity index (χ0) is 34.0. The number of amides is 1. The number of nitrogens with one attached hydrogen (secondary N) is 1. The number of sulfone groups is 1. The van der Waals surface area contributed by atoms with Gasteiger partial charge in [0.25, 0.3) is 5.91 Å². The molecule has 2 atom stereocenters. The highest BCUT2D eigenvalue weighted by atomic mass is 32.2. The maximum Gasteiger partial charge on any atom is 0.573 e. The number of aliphatic carboxylic acids is 2. The number of nitrogens with zero attached hydrogens (tertiary/aromatic N) is 1. The van der Waals surface area contributed by atoms with Crippen molar-refractivity contribution in [2.45, 2.75) is 41.1 Å². The molecule has 0 aromatic heterocycles. The van der Waals surface area contributed by atoms with E-state index < -0.39 is 56.7 Å². The van der Waals surface area contributed by atoms with Crippen molar-refractivity contribution in [3.63, 3.8) is 0 Å². The molecule has 0 radical (unpaired) electrons. The third kappa shape index (κ3) is 9.99. The van der Waals surface area contributed by atoms with Gasteiger partial charge in [0.05, 0.1) is 11.5 Å². The number of aliphatic hydroxyl groups excluding tert-OH is 2. The molecule has 250 valence electrons. The van der Waals surface area contributed by atoms with Crippen LogP contribution in [0.2, 0.25) is 0 Å². The van der Waals surface area contributed by atoms with Crippen molar-refractivity contribution < 1.29 is 75.8 Å². The highest BCUT2D eigenvalue weighted by Gasteiger charge is 2.52. The molecule has 6 N–H and O–H groups in total. The maximum atomic E-state index is 13.5. The van der Waals surface area contributed by atoms with E-state index in [2.05, 4.69) is 4.74 Å². The smallest absolute Gasteiger partial charge is 0.479 e. The fourth-order valence-corrected chi connectivity index (χ4v) is 6.06. The number of aliphatic hydroxyl groups is 2. The molecule has 45 heavy (non-hydrogen) atoms. The molecule has 1 saturated heterocycles. The monoisotopic (exact) mass is 668 g/mol. The number of rotatable bonds is 12. The predicted molar refractivity (Wildman–Crippen MR) is 144 cm³/mol. The van der Waals surface area contributed by atoms with Gasteiger partial charge < -0.3 is 39.5 Å². The van der Waals surface area contributed by atoms with Crippen LogP contribution in [-0.4, -0.2) is 113 Å². The number of benzene rings is 2. The average molecular weight is 669 g/mol. The lowest BCUT2D eigenvalue weighted by Gasteiger charge is -2.39. The molecule has 0 saturated carbocycles. The van der Waals surface area contributed by atoms with Gasteiger partial charge in [0, 0.05) is 26.7 Å². The molecule has 2 aromatic rings. The highest BCUT2D eigenvalue weighted by Crippen LogP contribution is 2.37. The largest absolute Gasteiger partial charge is 0.573 e. The quantitative estimate of drug-likeness (QED) is 0.137.